The number of non-ortho nitro benzene ring substituents is 1. The highest BCUT2D eigenvalue weighted by atomic mass is 35.5. The molecule has 0 spiro atoms. The fourth-order valence-corrected chi connectivity index (χ4v) is 2.37. The summed E-state index contributed by atoms with van der Waals surface area (Å²) in [6, 6.07) is 15.9. The van der Waals surface area contributed by atoms with E-state index in [1.165, 1.54) is 30.3 Å². The number of nitro benzene ring substituents is 1. The van der Waals surface area contributed by atoms with Crippen LogP contribution in [0.1, 0.15) is 21.9 Å². The Morgan fingerprint density at radius 2 is 1.78 bits per heavy atom. The molecule has 3 rings (SSSR count). The molecular weight excluding hydrogens is 370 g/mol. The summed E-state index contributed by atoms with van der Waals surface area (Å²) < 4.78 is 11.1. The maximum atomic E-state index is 12.1. The molecule has 0 amide bonds. The molecule has 7 heteroatoms. The first-order chi connectivity index (χ1) is 13.0. The zero-order valence-electron chi connectivity index (χ0n) is 14.0. The van der Waals surface area contributed by atoms with E-state index in [9.17, 15) is 14.9 Å². The summed E-state index contributed by atoms with van der Waals surface area (Å²) in [7, 11) is 0. The third-order valence-corrected chi connectivity index (χ3v) is 3.89. The normalized spacial score (nSPS) is 10.9. The van der Waals surface area contributed by atoms with Crippen LogP contribution in [-0.2, 0) is 6.61 Å². The van der Waals surface area contributed by atoms with Crippen LogP contribution in [0.2, 0.25) is 5.02 Å². The molecule has 0 aliphatic rings. The van der Waals surface area contributed by atoms with Gasteiger partial charge in [-0.1, -0.05) is 11.6 Å². The molecule has 136 valence electrons. The lowest BCUT2D eigenvalue weighted by Crippen LogP contribution is -1.94. The Balaban J connectivity index is 1.57. The third-order valence-electron chi connectivity index (χ3n) is 3.64. The number of nitrogens with zero attached hydrogens (tertiary/aromatic N) is 1. The van der Waals surface area contributed by atoms with Gasteiger partial charge >= 0.3 is 0 Å². The van der Waals surface area contributed by atoms with Crippen LogP contribution >= 0.6 is 11.6 Å². The summed E-state index contributed by atoms with van der Waals surface area (Å²) in [6.07, 6.45) is 3.00. The minimum Gasteiger partial charge on any atom is -0.486 e. The van der Waals surface area contributed by atoms with Crippen molar-refractivity contribution in [3.05, 3.63) is 99.0 Å². The molecule has 0 atom stereocenters. The summed E-state index contributed by atoms with van der Waals surface area (Å²) in [4.78, 5) is 22.2. The van der Waals surface area contributed by atoms with Gasteiger partial charge < -0.3 is 9.15 Å². The Morgan fingerprint density at radius 3 is 2.44 bits per heavy atom. The summed E-state index contributed by atoms with van der Waals surface area (Å²) in [5.41, 5.74) is 0.530. The van der Waals surface area contributed by atoms with Crippen LogP contribution in [0, 0.1) is 10.1 Å². The fraction of sp³-hybridized carbons (Fsp3) is 0.0500. The largest absolute Gasteiger partial charge is 0.486 e. The minimum absolute atomic E-state index is 0.00173. The van der Waals surface area contributed by atoms with Gasteiger partial charge in [0.2, 0.25) is 0 Å². The van der Waals surface area contributed by atoms with Gasteiger partial charge in [-0.05, 0) is 60.7 Å². The summed E-state index contributed by atoms with van der Waals surface area (Å²) in [5.74, 6) is 1.41. The molecule has 6 nitrogen and oxygen atoms in total. The summed E-state index contributed by atoms with van der Waals surface area (Å²) in [5, 5.41) is 11.2. The van der Waals surface area contributed by atoms with Crippen molar-refractivity contribution >= 4 is 29.1 Å². The molecule has 0 radical (unpaired) electrons. The van der Waals surface area contributed by atoms with Crippen LogP contribution < -0.4 is 4.74 Å². The lowest BCUT2D eigenvalue weighted by molar-refractivity contribution is -0.384. The Kier molecular flexibility index (Phi) is 5.68. The molecule has 0 N–H and O–H groups in total. The molecular formula is C20H14ClNO5. The molecule has 0 saturated heterocycles. The number of allylic oxidation sites excluding steroid dienone is 1. The first kappa shape index (κ1) is 18.4. The molecule has 2 aromatic carbocycles. The Hall–Kier alpha value is -3.38. The van der Waals surface area contributed by atoms with Crippen molar-refractivity contribution in [2.45, 2.75) is 6.61 Å². The third kappa shape index (κ3) is 5.05. The standard InChI is InChI=1S/C20H14ClNO5/c21-15-3-1-14(2-4-15)20(23)12-11-18-9-10-19(27-18)13-26-17-7-5-16(6-8-17)22(24)25/h1-12H,13H2/b12-11+. The predicted octanol–water partition coefficient (Wildman–Crippen LogP) is 5.32. The molecule has 0 saturated carbocycles. The highest BCUT2D eigenvalue weighted by molar-refractivity contribution is 6.30. The van der Waals surface area contributed by atoms with E-state index in [-0.39, 0.29) is 18.1 Å². The van der Waals surface area contributed by atoms with Gasteiger partial charge in [-0.3, -0.25) is 14.9 Å². The zero-order chi connectivity index (χ0) is 19.2. The van der Waals surface area contributed by atoms with E-state index in [0.29, 0.717) is 27.9 Å². The van der Waals surface area contributed by atoms with E-state index in [1.807, 2.05) is 0 Å². The average molecular weight is 384 g/mol. The van der Waals surface area contributed by atoms with Gasteiger partial charge in [0, 0.05) is 22.7 Å². The van der Waals surface area contributed by atoms with Crippen molar-refractivity contribution in [3.8, 4) is 5.75 Å². The molecule has 27 heavy (non-hydrogen) atoms. The van der Waals surface area contributed by atoms with Crippen LogP contribution in [0.3, 0.4) is 0 Å². The van der Waals surface area contributed by atoms with Gasteiger partial charge in [0.1, 0.15) is 23.9 Å². The quantitative estimate of drug-likeness (QED) is 0.239. The van der Waals surface area contributed by atoms with Crippen molar-refractivity contribution in [1.82, 2.24) is 0 Å². The maximum Gasteiger partial charge on any atom is 0.269 e. The van der Waals surface area contributed by atoms with Crippen molar-refractivity contribution < 1.29 is 18.9 Å². The number of hydrogen-bond acceptors (Lipinski definition) is 5. The number of carbonyl (C=O) groups excluding carboxylic acids is 1. The molecule has 1 aromatic heterocycles. The van der Waals surface area contributed by atoms with Crippen molar-refractivity contribution in [2.24, 2.45) is 0 Å². The van der Waals surface area contributed by atoms with Crippen LogP contribution in [0.4, 0.5) is 5.69 Å². The van der Waals surface area contributed by atoms with E-state index in [0.717, 1.165) is 0 Å². The second-order valence-electron chi connectivity index (χ2n) is 5.55. The molecule has 0 aliphatic heterocycles. The van der Waals surface area contributed by atoms with E-state index in [1.54, 1.807) is 42.5 Å². The Labute approximate surface area is 159 Å². The minimum atomic E-state index is -0.472. The second kappa shape index (κ2) is 8.33. The number of hydrogen-bond donors (Lipinski definition) is 0. The second-order valence-corrected chi connectivity index (χ2v) is 5.98. The topological polar surface area (TPSA) is 82.6 Å². The van der Waals surface area contributed by atoms with E-state index in [2.05, 4.69) is 0 Å². The highest BCUT2D eigenvalue weighted by Gasteiger charge is 2.06. The maximum absolute atomic E-state index is 12.1. The Bertz CT molecular complexity index is 974. The number of furan rings is 1. The molecule has 0 fully saturated rings. The average Bonchev–Trinajstić information content (AvgIpc) is 3.13. The van der Waals surface area contributed by atoms with Gasteiger partial charge in [-0.15, -0.1) is 0 Å². The monoisotopic (exact) mass is 383 g/mol. The van der Waals surface area contributed by atoms with Crippen LogP contribution in [-0.4, -0.2) is 10.7 Å². The molecule has 0 bridgehead atoms. The van der Waals surface area contributed by atoms with E-state index < -0.39 is 4.92 Å². The number of rotatable bonds is 7. The van der Waals surface area contributed by atoms with Gasteiger partial charge in [-0.25, -0.2) is 0 Å². The van der Waals surface area contributed by atoms with Crippen molar-refractivity contribution in [3.63, 3.8) is 0 Å². The Morgan fingerprint density at radius 1 is 1.07 bits per heavy atom. The SMILES string of the molecule is O=C(/C=C/c1ccc(COc2ccc([N+](=O)[O-])cc2)o1)c1ccc(Cl)cc1. The zero-order valence-corrected chi connectivity index (χ0v) is 14.8. The molecule has 3 aromatic rings. The number of halogens is 1. The number of benzene rings is 2. The van der Waals surface area contributed by atoms with Gasteiger partial charge in [0.25, 0.3) is 5.69 Å². The summed E-state index contributed by atoms with van der Waals surface area (Å²) >= 11 is 5.80. The molecule has 1 heterocycles. The van der Waals surface area contributed by atoms with Gasteiger partial charge in [0.15, 0.2) is 5.78 Å². The first-order valence-corrected chi connectivity index (χ1v) is 8.33. The van der Waals surface area contributed by atoms with Crippen molar-refractivity contribution in [1.29, 1.82) is 0 Å². The number of carbonyl (C=O) groups is 1. The van der Waals surface area contributed by atoms with Crippen LogP contribution in [0.15, 0.2) is 71.2 Å². The van der Waals surface area contributed by atoms with Crippen molar-refractivity contribution in [2.75, 3.05) is 0 Å². The lowest BCUT2D eigenvalue weighted by atomic mass is 10.1. The summed E-state index contributed by atoms with van der Waals surface area (Å²) in [6.45, 7) is 0.163. The molecule has 0 aliphatic carbocycles. The fourth-order valence-electron chi connectivity index (χ4n) is 2.25. The number of ether oxygens (including phenoxy) is 1. The van der Waals surface area contributed by atoms with E-state index in [4.69, 9.17) is 20.8 Å². The highest BCUT2D eigenvalue weighted by Crippen LogP contribution is 2.19. The first-order valence-electron chi connectivity index (χ1n) is 7.95. The van der Waals surface area contributed by atoms with E-state index >= 15 is 0 Å². The lowest BCUT2D eigenvalue weighted by Gasteiger charge is -2.03. The van der Waals surface area contributed by atoms with Gasteiger partial charge in [0.05, 0.1) is 4.92 Å². The number of nitro groups is 1. The van der Waals surface area contributed by atoms with Crippen LogP contribution in [0.5, 0.6) is 5.75 Å². The predicted molar refractivity (Wildman–Crippen MR) is 101 cm³/mol. The van der Waals surface area contributed by atoms with Crippen LogP contribution in [0.25, 0.3) is 6.08 Å². The molecule has 0 unspecified atom stereocenters. The van der Waals surface area contributed by atoms with Gasteiger partial charge in [-0.2, -0.15) is 0 Å². The number of ketones is 1. The smallest absolute Gasteiger partial charge is 0.269 e.